The third kappa shape index (κ3) is 4.04. The van der Waals surface area contributed by atoms with E-state index in [-0.39, 0.29) is 18.3 Å². The van der Waals surface area contributed by atoms with Gasteiger partial charge in [-0.2, -0.15) is 0 Å². The second-order valence-corrected chi connectivity index (χ2v) is 8.83. The van der Waals surface area contributed by atoms with Crippen molar-refractivity contribution < 1.29 is 19.1 Å². The maximum atomic E-state index is 12.7. The second-order valence-electron chi connectivity index (χ2n) is 8.42. The van der Waals surface area contributed by atoms with Gasteiger partial charge in [-0.25, -0.2) is 0 Å². The fraction of sp³-hybridized carbons (Fsp3) is 0.417. The minimum absolute atomic E-state index is 0.0111. The van der Waals surface area contributed by atoms with E-state index in [9.17, 15) is 9.59 Å². The minimum Gasteiger partial charge on any atom is -0.486 e. The summed E-state index contributed by atoms with van der Waals surface area (Å²) in [6, 6.07) is 9.45. The van der Waals surface area contributed by atoms with Gasteiger partial charge in [-0.3, -0.25) is 9.59 Å². The van der Waals surface area contributed by atoms with Crippen LogP contribution >= 0.6 is 11.6 Å². The van der Waals surface area contributed by atoms with Gasteiger partial charge < -0.3 is 14.4 Å². The van der Waals surface area contributed by atoms with Gasteiger partial charge in [-0.1, -0.05) is 29.3 Å². The summed E-state index contributed by atoms with van der Waals surface area (Å²) in [5, 5.41) is 0.575. The quantitative estimate of drug-likeness (QED) is 0.714. The lowest BCUT2D eigenvalue weighted by atomic mass is 9.82. The molecule has 4 rings (SSSR count). The Bertz CT molecular complexity index is 1010. The van der Waals surface area contributed by atoms with E-state index >= 15 is 0 Å². The summed E-state index contributed by atoms with van der Waals surface area (Å²) in [5.41, 5.74) is 3.07. The number of hydrogen-bond acceptors (Lipinski definition) is 4. The first-order chi connectivity index (χ1) is 14.3. The fourth-order valence-electron chi connectivity index (χ4n) is 4.25. The van der Waals surface area contributed by atoms with Crippen molar-refractivity contribution in [2.75, 3.05) is 19.7 Å². The first-order valence-corrected chi connectivity index (χ1v) is 10.6. The summed E-state index contributed by atoms with van der Waals surface area (Å²) in [5.74, 6) is 1.34. The number of halogens is 1. The van der Waals surface area contributed by atoms with E-state index in [1.54, 1.807) is 11.0 Å². The van der Waals surface area contributed by atoms with Crippen LogP contribution in [-0.4, -0.2) is 41.9 Å². The van der Waals surface area contributed by atoms with Crippen LogP contribution in [0.15, 0.2) is 30.3 Å². The number of aryl methyl sites for hydroxylation is 3. The molecular formula is C24H26ClNO4. The van der Waals surface area contributed by atoms with Crippen LogP contribution in [0.4, 0.5) is 0 Å². The molecule has 2 aliphatic rings. The smallest absolute Gasteiger partial charge is 0.260 e. The Morgan fingerprint density at radius 3 is 2.57 bits per heavy atom. The number of Topliss-reactive ketones (excluding diaryl/α,β-unsaturated/α-hetero) is 1. The maximum absolute atomic E-state index is 12.7. The summed E-state index contributed by atoms with van der Waals surface area (Å²) < 4.78 is 12.0. The number of hydrogen-bond donors (Lipinski definition) is 0. The average Bonchev–Trinajstić information content (AvgIpc) is 2.69. The van der Waals surface area contributed by atoms with Crippen LogP contribution in [0.5, 0.6) is 11.5 Å². The molecule has 2 aliphatic heterocycles. The van der Waals surface area contributed by atoms with Crippen molar-refractivity contribution in [3.8, 4) is 11.5 Å². The molecular weight excluding hydrogens is 402 g/mol. The van der Waals surface area contributed by atoms with Gasteiger partial charge in [0.25, 0.3) is 5.91 Å². The van der Waals surface area contributed by atoms with Crippen molar-refractivity contribution in [1.82, 2.24) is 4.90 Å². The van der Waals surface area contributed by atoms with E-state index in [1.165, 1.54) is 0 Å². The topological polar surface area (TPSA) is 55.8 Å². The van der Waals surface area contributed by atoms with E-state index in [2.05, 4.69) is 0 Å². The van der Waals surface area contributed by atoms with Crippen molar-refractivity contribution in [3.05, 3.63) is 57.6 Å². The molecule has 0 N–H and O–H groups in total. The number of amides is 1. The van der Waals surface area contributed by atoms with Crippen LogP contribution in [0.1, 0.15) is 46.3 Å². The zero-order chi connectivity index (χ0) is 21.5. The van der Waals surface area contributed by atoms with Crippen LogP contribution in [-0.2, 0) is 4.79 Å². The van der Waals surface area contributed by atoms with Crippen molar-refractivity contribution in [1.29, 1.82) is 0 Å². The Kier molecular flexibility index (Phi) is 5.49. The van der Waals surface area contributed by atoms with E-state index in [1.807, 2.05) is 45.0 Å². The number of benzene rings is 2. The van der Waals surface area contributed by atoms with E-state index in [4.69, 9.17) is 21.1 Å². The number of likely N-dealkylation sites (tertiary alicyclic amines) is 1. The molecule has 0 aromatic heterocycles. The first-order valence-electron chi connectivity index (χ1n) is 10.3. The molecule has 0 unspecified atom stereocenters. The highest BCUT2D eigenvalue weighted by Crippen LogP contribution is 2.41. The van der Waals surface area contributed by atoms with Gasteiger partial charge in [0, 0.05) is 31.0 Å². The molecule has 1 saturated heterocycles. The van der Waals surface area contributed by atoms with Gasteiger partial charge in [0.05, 0.1) is 12.0 Å². The molecule has 0 saturated carbocycles. The van der Waals surface area contributed by atoms with Gasteiger partial charge >= 0.3 is 0 Å². The SMILES string of the molecule is Cc1ccc(OCC(=O)N2CCC3(CC2)CC(=O)c2cc(Cl)c(C)cc2O3)c(C)c1. The molecule has 5 nitrogen and oxygen atoms in total. The minimum atomic E-state index is -0.546. The number of carbonyl (C=O) groups is 2. The molecule has 0 radical (unpaired) electrons. The van der Waals surface area contributed by atoms with Crippen molar-refractivity contribution in [2.24, 2.45) is 0 Å². The van der Waals surface area contributed by atoms with Crippen LogP contribution < -0.4 is 9.47 Å². The van der Waals surface area contributed by atoms with Gasteiger partial charge in [-0.15, -0.1) is 0 Å². The lowest BCUT2D eigenvalue weighted by molar-refractivity contribution is -0.136. The van der Waals surface area contributed by atoms with Crippen LogP contribution in [0.2, 0.25) is 5.02 Å². The number of fused-ring (bicyclic) bond motifs is 1. The summed E-state index contributed by atoms with van der Waals surface area (Å²) in [7, 11) is 0. The standard InChI is InChI=1S/C24H26ClNO4/c1-15-4-5-21(17(3)10-15)29-14-23(28)26-8-6-24(7-9-26)13-20(27)18-12-19(25)16(2)11-22(18)30-24/h4-5,10-12H,6-9,13-14H2,1-3H3. The molecule has 0 atom stereocenters. The van der Waals surface area contributed by atoms with E-state index in [0.29, 0.717) is 48.7 Å². The Balaban J connectivity index is 1.38. The Morgan fingerprint density at radius 2 is 1.87 bits per heavy atom. The van der Waals surface area contributed by atoms with E-state index < -0.39 is 5.60 Å². The Morgan fingerprint density at radius 1 is 1.13 bits per heavy atom. The number of carbonyl (C=O) groups excluding carboxylic acids is 2. The predicted octanol–water partition coefficient (Wildman–Crippen LogP) is 4.67. The van der Waals surface area contributed by atoms with Crippen molar-refractivity contribution in [2.45, 2.75) is 45.6 Å². The highest BCUT2D eigenvalue weighted by Gasteiger charge is 2.43. The number of rotatable bonds is 3. The van der Waals surface area contributed by atoms with Crippen molar-refractivity contribution in [3.63, 3.8) is 0 Å². The number of ketones is 1. The second kappa shape index (κ2) is 7.95. The molecule has 30 heavy (non-hydrogen) atoms. The fourth-order valence-corrected chi connectivity index (χ4v) is 4.41. The highest BCUT2D eigenvalue weighted by atomic mass is 35.5. The summed E-state index contributed by atoms with van der Waals surface area (Å²) >= 11 is 6.17. The van der Waals surface area contributed by atoms with Gasteiger partial charge in [0.1, 0.15) is 17.1 Å². The molecule has 0 bridgehead atoms. The molecule has 2 heterocycles. The molecule has 1 spiro atoms. The molecule has 1 amide bonds. The number of nitrogens with zero attached hydrogens (tertiary/aromatic N) is 1. The zero-order valence-electron chi connectivity index (χ0n) is 17.6. The largest absolute Gasteiger partial charge is 0.486 e. The molecule has 2 aromatic carbocycles. The lowest BCUT2D eigenvalue weighted by Crippen LogP contribution is -2.53. The maximum Gasteiger partial charge on any atom is 0.260 e. The summed E-state index contributed by atoms with van der Waals surface area (Å²) in [6.07, 6.45) is 1.56. The lowest BCUT2D eigenvalue weighted by Gasteiger charge is -2.44. The Hall–Kier alpha value is -2.53. The van der Waals surface area contributed by atoms with E-state index in [0.717, 1.165) is 22.4 Å². The summed E-state index contributed by atoms with van der Waals surface area (Å²) in [6.45, 7) is 7.00. The predicted molar refractivity (Wildman–Crippen MR) is 116 cm³/mol. The Labute approximate surface area is 181 Å². The third-order valence-electron chi connectivity index (χ3n) is 6.08. The average molecular weight is 428 g/mol. The zero-order valence-corrected chi connectivity index (χ0v) is 18.3. The molecule has 1 fully saturated rings. The van der Waals surface area contributed by atoms with Crippen LogP contribution in [0, 0.1) is 20.8 Å². The normalized spacial score (nSPS) is 17.5. The van der Waals surface area contributed by atoms with Gasteiger partial charge in [-0.05, 0) is 50.1 Å². The number of piperidine rings is 1. The van der Waals surface area contributed by atoms with Crippen LogP contribution in [0.25, 0.3) is 0 Å². The van der Waals surface area contributed by atoms with Crippen LogP contribution in [0.3, 0.4) is 0 Å². The highest BCUT2D eigenvalue weighted by molar-refractivity contribution is 6.31. The third-order valence-corrected chi connectivity index (χ3v) is 6.49. The van der Waals surface area contributed by atoms with Crippen molar-refractivity contribution >= 4 is 23.3 Å². The molecule has 6 heteroatoms. The number of ether oxygens (including phenoxy) is 2. The molecule has 158 valence electrons. The first kappa shape index (κ1) is 20.7. The summed E-state index contributed by atoms with van der Waals surface area (Å²) in [4.78, 5) is 27.2. The van der Waals surface area contributed by atoms with Gasteiger partial charge in [0.15, 0.2) is 12.4 Å². The molecule has 0 aliphatic carbocycles. The van der Waals surface area contributed by atoms with Gasteiger partial charge in [0.2, 0.25) is 0 Å². The molecule has 2 aromatic rings. The monoisotopic (exact) mass is 427 g/mol.